The van der Waals surface area contributed by atoms with E-state index in [1.54, 1.807) is 24.7 Å². The molecule has 182 valence electrons. The molecule has 3 amide bonds. The van der Waals surface area contributed by atoms with Crippen LogP contribution in [0.3, 0.4) is 0 Å². The summed E-state index contributed by atoms with van der Waals surface area (Å²) in [7, 11) is 0. The number of amides is 3. The van der Waals surface area contributed by atoms with Crippen molar-refractivity contribution < 1.29 is 9.59 Å². The topological polar surface area (TPSA) is 99.0 Å². The Morgan fingerprint density at radius 2 is 1.92 bits per heavy atom. The molecule has 1 aliphatic heterocycles. The number of hydrogen-bond acceptors (Lipinski definition) is 5. The molecule has 8 heteroatoms. The molecule has 0 radical (unpaired) electrons. The number of benzene rings is 2. The summed E-state index contributed by atoms with van der Waals surface area (Å²) in [6.45, 7) is 0. The number of fused-ring (bicyclic) bond motifs is 2. The van der Waals surface area contributed by atoms with Crippen molar-refractivity contribution in [3.05, 3.63) is 89.5 Å². The molecular formula is C29H22ClN5O2. The standard InChI is InChI=1S/C29H22ClN5O2/c30-24-7-3-6-22(17-10-11-33-20(12-17)14-31)27(24)18-8-9-23-25(13-18)34-29(37)35(28(23)36)26-16-32-15-19-4-1-2-5-21(19)26/h1-7,10-12,15-16,18,23,25H,8-9,13H2,(H,34,37). The van der Waals surface area contributed by atoms with Gasteiger partial charge in [0, 0.05) is 34.2 Å². The number of nitriles is 1. The molecule has 4 aromatic rings. The number of urea groups is 1. The second kappa shape index (κ2) is 9.30. The third kappa shape index (κ3) is 4.00. The summed E-state index contributed by atoms with van der Waals surface area (Å²) in [6, 6.07) is 18.3. The minimum atomic E-state index is -0.433. The van der Waals surface area contributed by atoms with Gasteiger partial charge < -0.3 is 5.32 Å². The molecular weight excluding hydrogens is 486 g/mol. The highest BCUT2D eigenvalue weighted by molar-refractivity contribution is 6.32. The number of nitrogens with one attached hydrogen (secondary N) is 1. The minimum Gasteiger partial charge on any atom is -0.334 e. The smallest absolute Gasteiger partial charge is 0.329 e. The fourth-order valence-electron chi connectivity index (χ4n) is 5.75. The van der Waals surface area contributed by atoms with Crippen molar-refractivity contribution in [1.29, 1.82) is 5.26 Å². The molecule has 7 nitrogen and oxygen atoms in total. The molecule has 3 heterocycles. The zero-order chi connectivity index (χ0) is 25.5. The quantitative estimate of drug-likeness (QED) is 0.376. The van der Waals surface area contributed by atoms with Gasteiger partial charge in [-0.05, 0) is 60.1 Å². The molecule has 0 bridgehead atoms. The van der Waals surface area contributed by atoms with Crippen molar-refractivity contribution in [1.82, 2.24) is 15.3 Å². The highest BCUT2D eigenvalue weighted by atomic mass is 35.5. The monoisotopic (exact) mass is 507 g/mol. The maximum absolute atomic E-state index is 13.7. The van der Waals surface area contributed by atoms with Crippen LogP contribution >= 0.6 is 11.6 Å². The van der Waals surface area contributed by atoms with Crippen molar-refractivity contribution in [3.63, 3.8) is 0 Å². The number of halogens is 1. The van der Waals surface area contributed by atoms with E-state index in [0.717, 1.165) is 33.9 Å². The Labute approximate surface area is 218 Å². The first-order chi connectivity index (χ1) is 18.0. The molecule has 2 aromatic carbocycles. The number of anilines is 1. The number of carbonyl (C=O) groups excluding carboxylic acids is 2. The average Bonchev–Trinajstić information content (AvgIpc) is 2.93. The lowest BCUT2D eigenvalue weighted by atomic mass is 9.72. The predicted molar refractivity (Wildman–Crippen MR) is 141 cm³/mol. The normalized spacial score (nSPS) is 21.3. The predicted octanol–water partition coefficient (Wildman–Crippen LogP) is 5.83. The van der Waals surface area contributed by atoms with Gasteiger partial charge in [-0.25, -0.2) is 14.7 Å². The molecule has 1 saturated carbocycles. The molecule has 3 atom stereocenters. The van der Waals surface area contributed by atoms with Gasteiger partial charge in [0.2, 0.25) is 5.91 Å². The maximum atomic E-state index is 13.7. The number of nitrogens with zero attached hydrogens (tertiary/aromatic N) is 4. The lowest BCUT2D eigenvalue weighted by molar-refractivity contribution is -0.124. The Balaban J connectivity index is 1.31. The van der Waals surface area contributed by atoms with Crippen molar-refractivity contribution in [2.24, 2.45) is 5.92 Å². The second-order valence-electron chi connectivity index (χ2n) is 9.47. The van der Waals surface area contributed by atoms with E-state index >= 15 is 0 Å². The van der Waals surface area contributed by atoms with Gasteiger partial charge in [-0.15, -0.1) is 0 Å². The SMILES string of the molecule is N#Cc1cc(-c2cccc(Cl)c2C2CCC3C(=O)N(c4cncc5ccccc45)C(=O)NC3C2)ccn1. The van der Waals surface area contributed by atoms with Gasteiger partial charge in [0.25, 0.3) is 0 Å². The van der Waals surface area contributed by atoms with E-state index in [9.17, 15) is 14.9 Å². The van der Waals surface area contributed by atoms with Crippen LogP contribution in [0.15, 0.2) is 73.2 Å². The summed E-state index contributed by atoms with van der Waals surface area (Å²) >= 11 is 6.73. The first-order valence-corrected chi connectivity index (χ1v) is 12.5. The van der Waals surface area contributed by atoms with Crippen molar-refractivity contribution in [3.8, 4) is 17.2 Å². The van der Waals surface area contributed by atoms with Crippen molar-refractivity contribution >= 4 is 40.0 Å². The zero-order valence-electron chi connectivity index (χ0n) is 19.8. The summed E-state index contributed by atoms with van der Waals surface area (Å²) in [5, 5.41) is 14.7. The van der Waals surface area contributed by atoms with Gasteiger partial charge in [0.05, 0.1) is 17.8 Å². The van der Waals surface area contributed by atoms with Crippen molar-refractivity contribution in [2.45, 2.75) is 31.2 Å². The Bertz CT molecular complexity index is 1590. The van der Waals surface area contributed by atoms with Crippen LogP contribution in [0.1, 0.15) is 36.4 Å². The van der Waals surface area contributed by atoms with E-state index in [-0.39, 0.29) is 23.8 Å². The molecule has 2 aromatic heterocycles. The Morgan fingerprint density at radius 3 is 2.78 bits per heavy atom. The van der Waals surface area contributed by atoms with Gasteiger partial charge in [0.1, 0.15) is 11.8 Å². The van der Waals surface area contributed by atoms with E-state index in [4.69, 9.17) is 11.6 Å². The van der Waals surface area contributed by atoms with Gasteiger partial charge in [0.15, 0.2) is 0 Å². The Morgan fingerprint density at radius 1 is 1.05 bits per heavy atom. The molecule has 3 unspecified atom stereocenters. The van der Waals surface area contributed by atoms with Crippen LogP contribution in [0, 0.1) is 17.2 Å². The Hall–Kier alpha value is -4.28. The molecule has 2 fully saturated rings. The average molecular weight is 508 g/mol. The van der Waals surface area contributed by atoms with Crippen LogP contribution in [-0.4, -0.2) is 27.9 Å². The largest absolute Gasteiger partial charge is 0.334 e. The summed E-state index contributed by atoms with van der Waals surface area (Å²) in [5.41, 5.74) is 3.61. The van der Waals surface area contributed by atoms with E-state index in [1.165, 1.54) is 4.90 Å². The number of aromatic nitrogens is 2. The maximum Gasteiger partial charge on any atom is 0.329 e. The highest BCUT2D eigenvalue weighted by Crippen LogP contribution is 2.45. The van der Waals surface area contributed by atoms with Crippen LogP contribution in [-0.2, 0) is 4.79 Å². The number of imide groups is 1. The fraction of sp³-hybridized carbons (Fsp3) is 0.207. The lowest BCUT2D eigenvalue weighted by Crippen LogP contribution is -2.61. The summed E-state index contributed by atoms with van der Waals surface area (Å²) in [4.78, 5) is 36.5. The van der Waals surface area contributed by atoms with E-state index in [2.05, 4.69) is 21.4 Å². The van der Waals surface area contributed by atoms with Crippen LogP contribution in [0.2, 0.25) is 5.02 Å². The molecule has 1 aliphatic carbocycles. The molecule has 2 aliphatic rings. The highest BCUT2D eigenvalue weighted by Gasteiger charge is 2.46. The molecule has 6 rings (SSSR count). The minimum absolute atomic E-state index is 0.0440. The van der Waals surface area contributed by atoms with E-state index in [1.807, 2.05) is 48.5 Å². The number of rotatable bonds is 3. The third-order valence-electron chi connectivity index (χ3n) is 7.43. The van der Waals surface area contributed by atoms with Gasteiger partial charge in [-0.2, -0.15) is 5.26 Å². The van der Waals surface area contributed by atoms with Crippen LogP contribution in [0.25, 0.3) is 21.9 Å². The lowest BCUT2D eigenvalue weighted by Gasteiger charge is -2.43. The van der Waals surface area contributed by atoms with Gasteiger partial charge >= 0.3 is 6.03 Å². The van der Waals surface area contributed by atoms with E-state index < -0.39 is 6.03 Å². The summed E-state index contributed by atoms with van der Waals surface area (Å²) in [6.07, 6.45) is 6.88. The zero-order valence-corrected chi connectivity index (χ0v) is 20.5. The van der Waals surface area contributed by atoms with Crippen LogP contribution < -0.4 is 10.2 Å². The first kappa shape index (κ1) is 23.1. The third-order valence-corrected chi connectivity index (χ3v) is 7.76. The number of pyridine rings is 2. The Kier molecular flexibility index (Phi) is 5.82. The number of carbonyl (C=O) groups is 2. The van der Waals surface area contributed by atoms with Crippen LogP contribution in [0.5, 0.6) is 0 Å². The molecule has 1 N–H and O–H groups in total. The first-order valence-electron chi connectivity index (χ1n) is 12.2. The van der Waals surface area contributed by atoms with Crippen molar-refractivity contribution in [2.75, 3.05) is 4.90 Å². The fourth-order valence-corrected chi connectivity index (χ4v) is 6.08. The molecule has 1 saturated heterocycles. The number of hydrogen-bond donors (Lipinski definition) is 1. The van der Waals surface area contributed by atoms with E-state index in [0.29, 0.717) is 29.2 Å². The van der Waals surface area contributed by atoms with Gasteiger partial charge in [-0.1, -0.05) is 48.0 Å². The van der Waals surface area contributed by atoms with Gasteiger partial charge in [-0.3, -0.25) is 9.78 Å². The second-order valence-corrected chi connectivity index (χ2v) is 9.88. The van der Waals surface area contributed by atoms with Crippen LogP contribution in [0.4, 0.5) is 10.5 Å². The molecule has 0 spiro atoms. The molecule has 37 heavy (non-hydrogen) atoms. The summed E-state index contributed by atoms with van der Waals surface area (Å²) < 4.78 is 0. The summed E-state index contributed by atoms with van der Waals surface area (Å²) in [5.74, 6) is -0.481.